The van der Waals surface area contributed by atoms with E-state index in [2.05, 4.69) is 12.2 Å². The van der Waals surface area contributed by atoms with E-state index in [0.717, 1.165) is 19.0 Å². The highest BCUT2D eigenvalue weighted by Crippen LogP contribution is 2.18. The predicted octanol–water partition coefficient (Wildman–Crippen LogP) is 0.866. The molecule has 0 aromatic heterocycles. The van der Waals surface area contributed by atoms with Gasteiger partial charge in [0.15, 0.2) is 0 Å². The van der Waals surface area contributed by atoms with Gasteiger partial charge in [-0.25, -0.2) is 0 Å². The van der Waals surface area contributed by atoms with Crippen molar-refractivity contribution in [1.29, 1.82) is 0 Å². The summed E-state index contributed by atoms with van der Waals surface area (Å²) in [7, 11) is 0. The standard InChI is InChI=1S/C8H18N2/c1-7(9)3-2-6-10-8-4-5-8/h7-8,10H,2-6,9H2,1H3. The summed E-state index contributed by atoms with van der Waals surface area (Å²) in [5, 5.41) is 3.46. The molecule has 0 heterocycles. The van der Waals surface area contributed by atoms with Crippen LogP contribution in [0.15, 0.2) is 0 Å². The second kappa shape index (κ2) is 3.94. The summed E-state index contributed by atoms with van der Waals surface area (Å²) in [6.07, 6.45) is 5.16. The lowest BCUT2D eigenvalue weighted by molar-refractivity contribution is 0.573. The average molecular weight is 142 g/mol. The molecule has 0 aliphatic heterocycles. The van der Waals surface area contributed by atoms with Gasteiger partial charge in [0.25, 0.3) is 0 Å². The normalized spacial score (nSPS) is 21.0. The summed E-state index contributed by atoms with van der Waals surface area (Å²) in [6, 6.07) is 1.23. The van der Waals surface area contributed by atoms with Crippen molar-refractivity contribution < 1.29 is 0 Å². The molecule has 1 fully saturated rings. The summed E-state index contributed by atoms with van der Waals surface area (Å²) >= 11 is 0. The molecule has 1 aliphatic carbocycles. The van der Waals surface area contributed by atoms with E-state index in [1.807, 2.05) is 0 Å². The first-order valence-electron chi connectivity index (χ1n) is 4.28. The number of nitrogens with one attached hydrogen (secondary N) is 1. The number of rotatable bonds is 5. The second-order valence-corrected chi connectivity index (χ2v) is 3.35. The third kappa shape index (κ3) is 3.85. The SMILES string of the molecule is CC(N)CCCNC1CC1. The molecule has 0 saturated heterocycles. The Hall–Kier alpha value is -0.0800. The van der Waals surface area contributed by atoms with Gasteiger partial charge < -0.3 is 11.1 Å². The van der Waals surface area contributed by atoms with Crippen LogP contribution in [0.25, 0.3) is 0 Å². The fraction of sp³-hybridized carbons (Fsp3) is 1.00. The summed E-state index contributed by atoms with van der Waals surface area (Å²) in [4.78, 5) is 0. The van der Waals surface area contributed by atoms with Gasteiger partial charge in [0.2, 0.25) is 0 Å². The van der Waals surface area contributed by atoms with Crippen LogP contribution in [0.1, 0.15) is 32.6 Å². The van der Waals surface area contributed by atoms with E-state index in [-0.39, 0.29) is 0 Å². The first-order chi connectivity index (χ1) is 4.79. The Balaban J connectivity index is 1.76. The molecule has 0 radical (unpaired) electrons. The van der Waals surface area contributed by atoms with Crippen molar-refractivity contribution >= 4 is 0 Å². The van der Waals surface area contributed by atoms with E-state index in [1.165, 1.54) is 19.3 Å². The highest BCUT2D eigenvalue weighted by molar-refractivity contribution is 4.80. The highest BCUT2D eigenvalue weighted by Gasteiger charge is 2.19. The molecule has 1 aliphatic rings. The van der Waals surface area contributed by atoms with Gasteiger partial charge in [0, 0.05) is 12.1 Å². The van der Waals surface area contributed by atoms with E-state index >= 15 is 0 Å². The van der Waals surface area contributed by atoms with E-state index in [9.17, 15) is 0 Å². The van der Waals surface area contributed by atoms with Crippen LogP contribution in [0, 0.1) is 0 Å². The molecular weight excluding hydrogens is 124 g/mol. The minimum atomic E-state index is 0.376. The summed E-state index contributed by atoms with van der Waals surface area (Å²) < 4.78 is 0. The Morgan fingerprint density at radius 1 is 1.60 bits per heavy atom. The van der Waals surface area contributed by atoms with Gasteiger partial charge in [0.1, 0.15) is 0 Å². The molecule has 0 bridgehead atoms. The van der Waals surface area contributed by atoms with Gasteiger partial charge in [0.05, 0.1) is 0 Å². The second-order valence-electron chi connectivity index (χ2n) is 3.35. The highest BCUT2D eigenvalue weighted by atomic mass is 14.9. The largest absolute Gasteiger partial charge is 0.328 e. The number of hydrogen-bond donors (Lipinski definition) is 2. The maximum absolute atomic E-state index is 5.60. The van der Waals surface area contributed by atoms with Crippen LogP contribution < -0.4 is 11.1 Å². The van der Waals surface area contributed by atoms with Gasteiger partial charge >= 0.3 is 0 Å². The van der Waals surface area contributed by atoms with Crippen LogP contribution >= 0.6 is 0 Å². The van der Waals surface area contributed by atoms with Crippen molar-refractivity contribution in [3.8, 4) is 0 Å². The molecule has 1 rings (SSSR count). The average Bonchev–Trinajstić information content (AvgIpc) is 2.62. The van der Waals surface area contributed by atoms with Crippen LogP contribution in [0.3, 0.4) is 0 Å². The lowest BCUT2D eigenvalue weighted by atomic mass is 10.2. The monoisotopic (exact) mass is 142 g/mol. The number of nitrogens with two attached hydrogens (primary N) is 1. The van der Waals surface area contributed by atoms with Crippen LogP contribution in [-0.2, 0) is 0 Å². The fourth-order valence-corrected chi connectivity index (χ4v) is 1.02. The van der Waals surface area contributed by atoms with Crippen molar-refractivity contribution in [2.24, 2.45) is 5.73 Å². The third-order valence-corrected chi connectivity index (χ3v) is 1.85. The molecule has 0 aromatic rings. The summed E-state index contributed by atoms with van der Waals surface area (Å²) in [6.45, 7) is 3.23. The van der Waals surface area contributed by atoms with Gasteiger partial charge in [-0.3, -0.25) is 0 Å². The molecule has 0 spiro atoms. The van der Waals surface area contributed by atoms with Crippen LogP contribution in [0.4, 0.5) is 0 Å². The van der Waals surface area contributed by atoms with Crippen molar-refractivity contribution in [2.75, 3.05) is 6.54 Å². The summed E-state index contributed by atoms with van der Waals surface area (Å²) in [5.74, 6) is 0. The predicted molar refractivity (Wildman–Crippen MR) is 43.9 cm³/mol. The van der Waals surface area contributed by atoms with Crippen molar-refractivity contribution in [3.63, 3.8) is 0 Å². The fourth-order valence-electron chi connectivity index (χ4n) is 1.02. The van der Waals surface area contributed by atoms with Gasteiger partial charge in [-0.2, -0.15) is 0 Å². The molecule has 1 unspecified atom stereocenters. The molecular formula is C8H18N2. The Labute approximate surface area is 63.2 Å². The molecule has 1 atom stereocenters. The molecule has 3 N–H and O–H groups in total. The Morgan fingerprint density at radius 3 is 2.80 bits per heavy atom. The van der Waals surface area contributed by atoms with E-state index in [1.54, 1.807) is 0 Å². The van der Waals surface area contributed by atoms with Gasteiger partial charge in [-0.05, 0) is 39.2 Å². The smallest absolute Gasteiger partial charge is 0.00682 e. The van der Waals surface area contributed by atoms with Crippen molar-refractivity contribution in [3.05, 3.63) is 0 Å². The molecule has 60 valence electrons. The summed E-state index contributed by atoms with van der Waals surface area (Å²) in [5.41, 5.74) is 5.60. The topological polar surface area (TPSA) is 38.0 Å². The zero-order valence-corrected chi connectivity index (χ0v) is 6.77. The van der Waals surface area contributed by atoms with Crippen molar-refractivity contribution in [1.82, 2.24) is 5.32 Å². The zero-order valence-electron chi connectivity index (χ0n) is 6.77. The zero-order chi connectivity index (χ0) is 7.40. The van der Waals surface area contributed by atoms with Gasteiger partial charge in [-0.15, -0.1) is 0 Å². The minimum absolute atomic E-state index is 0.376. The molecule has 2 nitrogen and oxygen atoms in total. The Bertz CT molecular complexity index is 83.3. The van der Waals surface area contributed by atoms with Gasteiger partial charge in [-0.1, -0.05) is 0 Å². The molecule has 10 heavy (non-hydrogen) atoms. The first kappa shape index (κ1) is 8.02. The van der Waals surface area contributed by atoms with Crippen molar-refractivity contribution in [2.45, 2.75) is 44.7 Å². The van der Waals surface area contributed by atoms with E-state index in [0.29, 0.717) is 6.04 Å². The van der Waals surface area contributed by atoms with Crippen LogP contribution in [0.5, 0.6) is 0 Å². The van der Waals surface area contributed by atoms with Crippen LogP contribution in [0.2, 0.25) is 0 Å². The van der Waals surface area contributed by atoms with Crippen LogP contribution in [-0.4, -0.2) is 18.6 Å². The molecule has 0 aromatic carbocycles. The minimum Gasteiger partial charge on any atom is -0.328 e. The van der Waals surface area contributed by atoms with E-state index < -0.39 is 0 Å². The lowest BCUT2D eigenvalue weighted by Crippen LogP contribution is -2.21. The third-order valence-electron chi connectivity index (χ3n) is 1.85. The maximum atomic E-state index is 5.60. The Morgan fingerprint density at radius 2 is 2.30 bits per heavy atom. The van der Waals surface area contributed by atoms with E-state index in [4.69, 9.17) is 5.73 Å². The lowest BCUT2D eigenvalue weighted by Gasteiger charge is -2.04. The quantitative estimate of drug-likeness (QED) is 0.559. The Kier molecular flexibility index (Phi) is 3.16. The molecule has 2 heteroatoms. The number of hydrogen-bond acceptors (Lipinski definition) is 2. The molecule has 1 saturated carbocycles. The maximum Gasteiger partial charge on any atom is 0.00682 e. The first-order valence-corrected chi connectivity index (χ1v) is 4.28. The molecule has 0 amide bonds.